The Balaban J connectivity index is 1.49. The predicted octanol–water partition coefficient (Wildman–Crippen LogP) is 7.12. The van der Waals surface area contributed by atoms with Gasteiger partial charge in [0.2, 0.25) is 5.78 Å². The zero-order chi connectivity index (χ0) is 27.7. The summed E-state index contributed by atoms with van der Waals surface area (Å²) in [6.07, 6.45) is 8.84. The van der Waals surface area contributed by atoms with Gasteiger partial charge in [-0.3, -0.25) is 4.79 Å². The van der Waals surface area contributed by atoms with Crippen LogP contribution >= 0.6 is 23.8 Å². The van der Waals surface area contributed by atoms with Crippen molar-refractivity contribution in [1.82, 2.24) is 9.78 Å². The summed E-state index contributed by atoms with van der Waals surface area (Å²) >= 11 is 11.5. The Hall–Kier alpha value is -4.51. The molecule has 2 atom stereocenters. The Morgan fingerprint density at radius 3 is 2.55 bits per heavy atom. The minimum absolute atomic E-state index is 0.0912. The summed E-state index contributed by atoms with van der Waals surface area (Å²) < 4.78 is 8.01. The SMILES string of the molecule is N#CC(C(=O)c1nn(C2(c3ccccc3)C=CC=CC2)c2c1COc1ccccc1-2)C(=S)Nc1ccc(Cl)cc1. The monoisotopic (exact) mass is 562 g/mol. The Morgan fingerprint density at radius 2 is 1.82 bits per heavy atom. The van der Waals surface area contributed by atoms with Gasteiger partial charge in [0.15, 0.2) is 5.92 Å². The highest BCUT2D eigenvalue weighted by molar-refractivity contribution is 7.80. The third-order valence-corrected chi connectivity index (χ3v) is 7.79. The zero-order valence-corrected chi connectivity index (χ0v) is 22.8. The Morgan fingerprint density at radius 1 is 1.07 bits per heavy atom. The molecule has 0 fully saturated rings. The molecule has 0 radical (unpaired) electrons. The van der Waals surface area contributed by atoms with Gasteiger partial charge in [-0.1, -0.05) is 90.6 Å². The van der Waals surface area contributed by atoms with E-state index in [1.807, 2.05) is 59.3 Å². The van der Waals surface area contributed by atoms with Crippen LogP contribution in [0.5, 0.6) is 5.75 Å². The Bertz CT molecular complexity index is 1720. The number of ketones is 1. The number of allylic oxidation sites excluding steroid dienone is 4. The van der Waals surface area contributed by atoms with E-state index in [0.717, 1.165) is 16.8 Å². The number of thiocarbonyl (C=S) groups is 1. The van der Waals surface area contributed by atoms with E-state index in [1.54, 1.807) is 24.3 Å². The number of carbonyl (C=O) groups excluding carboxylic acids is 1. The fourth-order valence-electron chi connectivity index (χ4n) is 5.24. The fraction of sp³-hybridized carbons (Fsp3) is 0.125. The van der Waals surface area contributed by atoms with Crippen LogP contribution in [-0.2, 0) is 12.1 Å². The van der Waals surface area contributed by atoms with Gasteiger partial charge in [0.25, 0.3) is 0 Å². The van der Waals surface area contributed by atoms with E-state index in [2.05, 4.69) is 35.7 Å². The first-order chi connectivity index (χ1) is 19.5. The molecule has 0 saturated carbocycles. The van der Waals surface area contributed by atoms with Gasteiger partial charge in [0.1, 0.15) is 28.6 Å². The minimum Gasteiger partial charge on any atom is -0.488 e. The molecule has 0 spiro atoms. The number of nitrogens with zero attached hydrogens (tertiary/aromatic N) is 3. The smallest absolute Gasteiger partial charge is 0.207 e. The average Bonchev–Trinajstić information content (AvgIpc) is 3.40. The fourth-order valence-corrected chi connectivity index (χ4v) is 5.64. The second-order valence-electron chi connectivity index (χ2n) is 9.58. The molecular formula is C32H23ClN4O2S. The van der Waals surface area contributed by atoms with Crippen molar-refractivity contribution in [2.24, 2.45) is 5.92 Å². The van der Waals surface area contributed by atoms with Gasteiger partial charge < -0.3 is 10.1 Å². The van der Waals surface area contributed by atoms with E-state index in [4.69, 9.17) is 33.7 Å². The quantitative estimate of drug-likeness (QED) is 0.199. The second-order valence-corrected chi connectivity index (χ2v) is 10.5. The summed E-state index contributed by atoms with van der Waals surface area (Å²) in [4.78, 5) is 14.1. The lowest BCUT2D eigenvalue weighted by Gasteiger charge is -2.35. The van der Waals surface area contributed by atoms with Gasteiger partial charge in [-0.05, 0) is 48.4 Å². The van der Waals surface area contributed by atoms with Gasteiger partial charge in [-0.15, -0.1) is 0 Å². The maximum Gasteiger partial charge on any atom is 0.207 e. The maximum absolute atomic E-state index is 14.0. The number of Topliss-reactive ketones (excluding diaryl/α,β-unsaturated/α-hetero) is 1. The minimum atomic E-state index is -1.25. The van der Waals surface area contributed by atoms with E-state index in [1.165, 1.54) is 0 Å². The van der Waals surface area contributed by atoms with Crippen LogP contribution in [0.1, 0.15) is 28.0 Å². The normalized spacial score (nSPS) is 17.6. The number of benzene rings is 3. The van der Waals surface area contributed by atoms with Gasteiger partial charge >= 0.3 is 0 Å². The summed E-state index contributed by atoms with van der Waals surface area (Å²) in [6, 6.07) is 26.8. The first-order valence-corrected chi connectivity index (χ1v) is 13.6. The number of anilines is 1. The Labute approximate surface area is 242 Å². The summed E-state index contributed by atoms with van der Waals surface area (Å²) in [6.45, 7) is 0.146. The third-order valence-electron chi connectivity index (χ3n) is 7.20. The number of nitriles is 1. The predicted molar refractivity (Wildman–Crippen MR) is 160 cm³/mol. The first-order valence-electron chi connectivity index (χ1n) is 12.8. The molecule has 1 aliphatic heterocycles. The van der Waals surface area contributed by atoms with Crippen molar-refractivity contribution in [2.45, 2.75) is 18.6 Å². The number of fused-ring (bicyclic) bond motifs is 3. The first kappa shape index (κ1) is 25.8. The highest BCUT2D eigenvalue weighted by Crippen LogP contribution is 2.45. The lowest BCUT2D eigenvalue weighted by atomic mass is 9.83. The zero-order valence-electron chi connectivity index (χ0n) is 21.3. The van der Waals surface area contributed by atoms with Crippen LogP contribution in [0, 0.1) is 17.2 Å². The largest absolute Gasteiger partial charge is 0.488 e. The van der Waals surface area contributed by atoms with Crippen LogP contribution in [0.4, 0.5) is 5.69 Å². The molecule has 8 heteroatoms. The lowest BCUT2D eigenvalue weighted by Crippen LogP contribution is -2.35. The third kappa shape index (κ3) is 4.41. The molecular weight excluding hydrogens is 540 g/mol. The molecule has 196 valence electrons. The summed E-state index contributed by atoms with van der Waals surface area (Å²) in [5.74, 6) is -1.01. The highest BCUT2D eigenvalue weighted by Gasteiger charge is 2.41. The van der Waals surface area contributed by atoms with Crippen molar-refractivity contribution in [3.05, 3.63) is 125 Å². The van der Waals surface area contributed by atoms with Crippen LogP contribution in [0.2, 0.25) is 5.02 Å². The maximum atomic E-state index is 14.0. The molecule has 0 amide bonds. The number of hydrogen-bond acceptors (Lipinski definition) is 5. The van der Waals surface area contributed by atoms with Crippen molar-refractivity contribution < 1.29 is 9.53 Å². The lowest BCUT2D eigenvalue weighted by molar-refractivity contribution is 0.0967. The van der Waals surface area contributed by atoms with Gasteiger partial charge in [-0.2, -0.15) is 10.4 Å². The molecule has 2 unspecified atom stereocenters. The number of nitrogens with one attached hydrogen (secondary N) is 1. The molecule has 1 aromatic heterocycles. The molecule has 4 aromatic rings. The average molecular weight is 563 g/mol. The molecule has 40 heavy (non-hydrogen) atoms. The highest BCUT2D eigenvalue weighted by atomic mass is 35.5. The van der Waals surface area contributed by atoms with Crippen LogP contribution < -0.4 is 10.1 Å². The molecule has 0 saturated heterocycles. The van der Waals surface area contributed by atoms with E-state index in [0.29, 0.717) is 28.4 Å². The molecule has 1 N–H and O–H groups in total. The molecule has 6 rings (SSSR count). The molecule has 1 aliphatic carbocycles. The Kier molecular flexibility index (Phi) is 6.81. The summed E-state index contributed by atoms with van der Waals surface area (Å²) in [5, 5.41) is 18.7. The van der Waals surface area contributed by atoms with Gasteiger partial charge in [0.05, 0.1) is 11.8 Å². The van der Waals surface area contributed by atoms with Gasteiger partial charge in [0, 0.05) is 21.8 Å². The molecule has 0 bridgehead atoms. The number of halogens is 1. The number of para-hydroxylation sites is 1. The molecule has 2 aliphatic rings. The van der Waals surface area contributed by atoms with Crippen molar-refractivity contribution in [1.29, 1.82) is 5.26 Å². The van der Waals surface area contributed by atoms with Crippen molar-refractivity contribution >= 4 is 40.3 Å². The molecule has 2 heterocycles. The van der Waals surface area contributed by atoms with E-state index in [9.17, 15) is 10.1 Å². The number of hydrogen-bond donors (Lipinski definition) is 1. The van der Waals surface area contributed by atoms with E-state index in [-0.39, 0.29) is 17.3 Å². The molecule has 3 aromatic carbocycles. The van der Waals surface area contributed by atoms with E-state index >= 15 is 0 Å². The second kappa shape index (κ2) is 10.6. The van der Waals surface area contributed by atoms with Gasteiger partial charge in [-0.25, -0.2) is 4.68 Å². The summed E-state index contributed by atoms with van der Waals surface area (Å²) in [7, 11) is 0. The van der Waals surface area contributed by atoms with Crippen molar-refractivity contribution in [3.63, 3.8) is 0 Å². The standard InChI is InChI=1S/C32H23ClN4O2S/c33-22-13-15-23(16-14-22)35-31(40)25(19-34)30(38)28-26-20-39-27-12-6-5-11-24(27)29(26)37(36-28)32(17-7-2-8-18-32)21-9-3-1-4-10-21/h1-17,25H,18,20H2,(H,35,40). The number of ether oxygens (including phenoxy) is 1. The number of carbonyl (C=O) groups is 1. The topological polar surface area (TPSA) is 79.9 Å². The van der Waals surface area contributed by atoms with Crippen molar-refractivity contribution in [3.8, 4) is 23.1 Å². The van der Waals surface area contributed by atoms with Crippen molar-refractivity contribution in [2.75, 3.05) is 5.32 Å². The van der Waals surface area contributed by atoms with E-state index < -0.39 is 17.2 Å². The number of rotatable bonds is 6. The summed E-state index contributed by atoms with van der Waals surface area (Å²) in [5.41, 5.74) is 3.42. The van der Waals surface area contributed by atoms with Crippen LogP contribution in [0.3, 0.4) is 0 Å². The van der Waals surface area contributed by atoms with Crippen LogP contribution in [0.25, 0.3) is 11.3 Å². The molecule has 6 nitrogen and oxygen atoms in total. The van der Waals surface area contributed by atoms with Crippen LogP contribution in [0.15, 0.2) is 103 Å². The van der Waals surface area contributed by atoms with Crippen LogP contribution in [-0.4, -0.2) is 20.6 Å². The number of aromatic nitrogens is 2.